The van der Waals surface area contributed by atoms with E-state index in [2.05, 4.69) is 30.0 Å². The Labute approximate surface area is 172 Å². The average Bonchev–Trinajstić information content (AvgIpc) is 3.36. The third-order valence-electron chi connectivity index (χ3n) is 4.28. The van der Waals surface area contributed by atoms with Crippen molar-refractivity contribution in [2.24, 2.45) is 0 Å². The van der Waals surface area contributed by atoms with Crippen LogP contribution in [0.1, 0.15) is 25.7 Å². The molecule has 3 rings (SSSR count). The highest BCUT2D eigenvalue weighted by Gasteiger charge is 2.12. The van der Waals surface area contributed by atoms with Crippen LogP contribution in [0.5, 0.6) is 0 Å². The number of hydrogen-bond acceptors (Lipinski definition) is 8. The Kier molecular flexibility index (Phi) is 8.40. The highest BCUT2D eigenvalue weighted by atomic mass is 35.5. The first-order chi connectivity index (χ1) is 13.2. The smallest absolute Gasteiger partial charge is 0.212 e. The lowest BCUT2D eigenvalue weighted by Crippen LogP contribution is -2.34. The molecule has 4 N–H and O–H groups in total. The van der Waals surface area contributed by atoms with Gasteiger partial charge in [-0.25, -0.2) is 9.37 Å². The lowest BCUT2D eigenvalue weighted by Gasteiger charge is -2.12. The summed E-state index contributed by atoms with van der Waals surface area (Å²) in [6.45, 7) is 3.94. The molecule has 1 fully saturated rings. The molecule has 0 saturated carbocycles. The highest BCUT2D eigenvalue weighted by Crippen LogP contribution is 2.31. The Hall–Kier alpha value is -1.13. The van der Waals surface area contributed by atoms with Crippen LogP contribution in [0.2, 0.25) is 5.02 Å². The van der Waals surface area contributed by atoms with E-state index in [1.54, 1.807) is 6.07 Å². The predicted molar refractivity (Wildman–Crippen MR) is 112 cm³/mol. The van der Waals surface area contributed by atoms with E-state index in [-0.39, 0.29) is 5.82 Å². The monoisotopic (exact) mass is 430 g/mol. The summed E-state index contributed by atoms with van der Waals surface area (Å²) >= 11 is 8.63. The number of rotatable bonds is 11. The van der Waals surface area contributed by atoms with Gasteiger partial charge in [0.25, 0.3) is 0 Å². The van der Waals surface area contributed by atoms with Crippen molar-refractivity contribution in [2.45, 2.75) is 36.6 Å². The molecular weight excluding hydrogens is 407 g/mol. The molecular formula is C17H24ClFN6S2. The van der Waals surface area contributed by atoms with Gasteiger partial charge in [0.2, 0.25) is 5.13 Å². The Bertz CT molecular complexity index is 697. The van der Waals surface area contributed by atoms with E-state index in [0.717, 1.165) is 51.0 Å². The molecule has 1 saturated heterocycles. The van der Waals surface area contributed by atoms with E-state index < -0.39 is 0 Å². The summed E-state index contributed by atoms with van der Waals surface area (Å²) in [5.74, 6) is -0.324. The maximum absolute atomic E-state index is 14.3. The van der Waals surface area contributed by atoms with Crippen molar-refractivity contribution in [1.29, 1.82) is 0 Å². The van der Waals surface area contributed by atoms with Crippen molar-refractivity contribution in [3.8, 4) is 0 Å². The number of nitrogens with zero attached hydrogens (tertiary/aromatic N) is 2. The minimum Gasteiger partial charge on any atom is -0.384 e. The molecule has 10 heteroatoms. The largest absolute Gasteiger partial charge is 0.384 e. The first kappa shape index (κ1) is 20.6. The number of benzene rings is 1. The van der Waals surface area contributed by atoms with Gasteiger partial charge in [0.1, 0.15) is 12.1 Å². The number of hydrogen-bond donors (Lipinski definition) is 4. The maximum atomic E-state index is 14.3. The number of unbranched alkanes of at least 4 members (excludes halogenated alkanes) is 1. The van der Waals surface area contributed by atoms with E-state index in [1.165, 1.54) is 36.8 Å². The van der Waals surface area contributed by atoms with Gasteiger partial charge < -0.3 is 20.7 Å². The summed E-state index contributed by atoms with van der Waals surface area (Å²) in [5.41, 5.74) is 0.623. The van der Waals surface area contributed by atoms with Gasteiger partial charge in [0.05, 0.1) is 15.6 Å². The first-order valence-electron chi connectivity index (χ1n) is 9.09. The Morgan fingerprint density at radius 3 is 3.00 bits per heavy atom. The zero-order valence-electron chi connectivity index (χ0n) is 14.9. The predicted octanol–water partition coefficient (Wildman–Crippen LogP) is 3.98. The molecule has 0 unspecified atom stereocenters. The molecule has 1 atom stereocenters. The molecule has 1 aliphatic heterocycles. The zero-order chi connectivity index (χ0) is 18.9. The zero-order valence-corrected chi connectivity index (χ0v) is 17.3. The number of halogens is 2. The highest BCUT2D eigenvalue weighted by molar-refractivity contribution is 8.00. The minimum absolute atomic E-state index is 0.324. The van der Waals surface area contributed by atoms with Crippen LogP contribution in [0.3, 0.4) is 0 Å². The summed E-state index contributed by atoms with van der Waals surface area (Å²) in [6, 6.07) is 3.69. The van der Waals surface area contributed by atoms with Crippen LogP contribution in [-0.2, 0) is 0 Å². The maximum Gasteiger partial charge on any atom is 0.212 e. The fraction of sp³-hybridized carbons (Fsp3) is 0.529. The van der Waals surface area contributed by atoms with E-state index in [4.69, 9.17) is 11.6 Å². The van der Waals surface area contributed by atoms with E-state index >= 15 is 0 Å². The molecule has 148 valence electrons. The summed E-state index contributed by atoms with van der Waals surface area (Å²) in [4.78, 5) is 4.42. The van der Waals surface area contributed by atoms with Gasteiger partial charge >= 0.3 is 0 Å². The minimum atomic E-state index is -0.324. The molecule has 6 nitrogen and oxygen atoms in total. The lowest BCUT2D eigenvalue weighted by atomic mass is 10.2. The fourth-order valence-corrected chi connectivity index (χ4v) is 4.31. The van der Waals surface area contributed by atoms with Gasteiger partial charge in [-0.3, -0.25) is 0 Å². The number of aromatic nitrogens is 2. The van der Waals surface area contributed by atoms with Crippen molar-refractivity contribution in [3.05, 3.63) is 29.3 Å². The summed E-state index contributed by atoms with van der Waals surface area (Å²) in [5, 5.41) is 11.3. The Morgan fingerprint density at radius 2 is 2.22 bits per heavy atom. The van der Waals surface area contributed by atoms with E-state index in [0.29, 0.717) is 26.8 Å². The van der Waals surface area contributed by atoms with Crippen LogP contribution in [0.4, 0.5) is 15.2 Å². The standard InChI is InChI=1S/C17H24ClFN6S2/c18-13-8-16(26-25-17-23-11-24-27-17)14(19)9-15(13)22-6-2-1-5-20-10-12-4-3-7-21-12/h8-9,11-12,20-22H,1-7,10H2,(H,23,24,25)/t12-/m0/s1. The van der Waals surface area contributed by atoms with Gasteiger partial charge in [0, 0.05) is 30.7 Å². The Morgan fingerprint density at radius 1 is 1.33 bits per heavy atom. The third-order valence-corrected chi connectivity index (χ3v) is 6.13. The van der Waals surface area contributed by atoms with Crippen molar-refractivity contribution in [2.75, 3.05) is 36.2 Å². The van der Waals surface area contributed by atoms with Crippen LogP contribution >= 0.6 is 35.1 Å². The SMILES string of the molecule is Fc1cc(NCCCCNC[C@@H]2CCCN2)c(Cl)cc1SNc1ncns1. The van der Waals surface area contributed by atoms with Crippen LogP contribution in [0.25, 0.3) is 0 Å². The number of nitrogens with one attached hydrogen (secondary N) is 4. The van der Waals surface area contributed by atoms with E-state index in [9.17, 15) is 4.39 Å². The quantitative estimate of drug-likeness (QED) is 0.317. The normalized spacial score (nSPS) is 16.6. The molecule has 0 bridgehead atoms. The van der Waals surface area contributed by atoms with Crippen LogP contribution < -0.4 is 20.7 Å². The summed E-state index contributed by atoms with van der Waals surface area (Å²) in [7, 11) is 0. The molecule has 2 aromatic rings. The summed E-state index contributed by atoms with van der Waals surface area (Å²) in [6.07, 6.45) is 6.06. The van der Waals surface area contributed by atoms with Gasteiger partial charge in [-0.05, 0) is 62.9 Å². The number of anilines is 2. The second-order valence-electron chi connectivity index (χ2n) is 6.34. The third kappa shape index (κ3) is 6.76. The second kappa shape index (κ2) is 11.0. The van der Waals surface area contributed by atoms with E-state index in [1.807, 2.05) is 0 Å². The molecule has 0 aliphatic carbocycles. The second-order valence-corrected chi connectivity index (χ2v) is 8.38. The van der Waals surface area contributed by atoms with Crippen molar-refractivity contribution in [1.82, 2.24) is 20.0 Å². The van der Waals surface area contributed by atoms with Crippen molar-refractivity contribution >= 4 is 45.9 Å². The molecule has 1 aromatic carbocycles. The van der Waals surface area contributed by atoms with Gasteiger partial charge in [-0.15, -0.1) is 0 Å². The molecule has 1 aromatic heterocycles. The topological polar surface area (TPSA) is 73.9 Å². The molecule has 2 heterocycles. The fourth-order valence-electron chi connectivity index (χ4n) is 2.86. The molecule has 1 aliphatic rings. The van der Waals surface area contributed by atoms with Crippen molar-refractivity contribution in [3.63, 3.8) is 0 Å². The lowest BCUT2D eigenvalue weighted by molar-refractivity contribution is 0.526. The van der Waals surface area contributed by atoms with Crippen LogP contribution in [0, 0.1) is 5.82 Å². The average molecular weight is 431 g/mol. The van der Waals surface area contributed by atoms with Gasteiger partial charge in [-0.1, -0.05) is 11.6 Å². The Balaban J connectivity index is 1.35. The first-order valence-corrected chi connectivity index (χ1v) is 11.1. The molecule has 0 amide bonds. The van der Waals surface area contributed by atoms with Crippen molar-refractivity contribution < 1.29 is 4.39 Å². The molecule has 0 radical (unpaired) electrons. The van der Waals surface area contributed by atoms with Gasteiger partial charge in [0.15, 0.2) is 0 Å². The molecule has 27 heavy (non-hydrogen) atoms. The van der Waals surface area contributed by atoms with Gasteiger partial charge in [-0.2, -0.15) is 4.37 Å². The molecule has 0 spiro atoms. The summed E-state index contributed by atoms with van der Waals surface area (Å²) < 4.78 is 21.1. The van der Waals surface area contributed by atoms with Crippen LogP contribution in [-0.4, -0.2) is 41.6 Å². The van der Waals surface area contributed by atoms with Crippen LogP contribution in [0.15, 0.2) is 23.4 Å².